The summed E-state index contributed by atoms with van der Waals surface area (Å²) in [5.41, 5.74) is 3.18. The smallest absolute Gasteiger partial charge is 0.278 e. The molecular weight excluding hydrogens is 376 g/mol. The molecule has 0 atom stereocenters. The van der Waals surface area contributed by atoms with E-state index in [1.807, 2.05) is 49.4 Å². The molecule has 5 rings (SSSR count). The summed E-state index contributed by atoms with van der Waals surface area (Å²) in [6.45, 7) is 2.20. The molecule has 1 aliphatic rings. The minimum atomic E-state index is -0.277. The van der Waals surface area contributed by atoms with Crippen molar-refractivity contribution in [3.63, 3.8) is 0 Å². The van der Waals surface area contributed by atoms with Crippen LogP contribution in [0.1, 0.15) is 26.6 Å². The molecule has 1 aliphatic heterocycles. The zero-order valence-electron chi connectivity index (χ0n) is 15.0. The van der Waals surface area contributed by atoms with Crippen LogP contribution in [-0.4, -0.2) is 27.9 Å². The van der Waals surface area contributed by atoms with Gasteiger partial charge >= 0.3 is 0 Å². The molecule has 4 aromatic rings. The largest absolute Gasteiger partial charge is 0.454 e. The predicted molar refractivity (Wildman–Crippen MR) is 106 cm³/mol. The number of aryl methyl sites for hydroxylation is 1. The summed E-state index contributed by atoms with van der Waals surface area (Å²) in [4.78, 5) is 18.2. The van der Waals surface area contributed by atoms with Gasteiger partial charge in [0.25, 0.3) is 5.91 Å². The summed E-state index contributed by atoms with van der Waals surface area (Å²) in [5, 5.41) is 11.2. The highest BCUT2D eigenvalue weighted by Gasteiger charge is 2.18. The maximum absolute atomic E-state index is 12.6. The summed E-state index contributed by atoms with van der Waals surface area (Å²) >= 11 is 1.47. The molecule has 7 nitrogen and oxygen atoms in total. The van der Waals surface area contributed by atoms with Gasteiger partial charge in [-0.2, -0.15) is 5.10 Å². The molecule has 2 N–H and O–H groups in total. The Morgan fingerprint density at radius 1 is 1.21 bits per heavy atom. The number of carbonyl (C=O) groups is 1. The molecule has 0 aliphatic carbocycles. The number of fused-ring (bicyclic) bond motifs is 2. The zero-order valence-corrected chi connectivity index (χ0v) is 15.8. The number of carbonyl (C=O) groups excluding carboxylic acids is 1. The normalized spacial score (nSPS) is 12.5. The molecule has 28 heavy (non-hydrogen) atoms. The van der Waals surface area contributed by atoms with Crippen molar-refractivity contribution in [3.05, 3.63) is 64.3 Å². The lowest BCUT2D eigenvalue weighted by atomic mass is 10.1. The first-order valence-electron chi connectivity index (χ1n) is 8.76. The minimum Gasteiger partial charge on any atom is -0.454 e. The Morgan fingerprint density at radius 2 is 2.07 bits per heavy atom. The lowest BCUT2D eigenvalue weighted by Gasteiger charge is -2.02. The maximum Gasteiger partial charge on any atom is 0.278 e. The van der Waals surface area contributed by atoms with Gasteiger partial charge in [0.1, 0.15) is 0 Å². The predicted octanol–water partition coefficient (Wildman–Crippen LogP) is 3.90. The van der Waals surface area contributed by atoms with Crippen molar-refractivity contribution in [1.82, 2.24) is 15.2 Å². The Hall–Kier alpha value is -3.39. The van der Waals surface area contributed by atoms with Gasteiger partial charge in [0.2, 0.25) is 6.79 Å². The summed E-state index contributed by atoms with van der Waals surface area (Å²) in [5.74, 6) is 1.25. The number of H-pyrrole nitrogens is 1. The molecule has 2 aromatic carbocycles. The molecule has 140 valence electrons. The van der Waals surface area contributed by atoms with E-state index in [4.69, 9.17) is 9.47 Å². The van der Waals surface area contributed by atoms with E-state index in [9.17, 15) is 4.79 Å². The second-order valence-corrected chi connectivity index (χ2v) is 7.55. The van der Waals surface area contributed by atoms with Gasteiger partial charge in [-0.3, -0.25) is 15.2 Å². The summed E-state index contributed by atoms with van der Waals surface area (Å²) in [6.07, 6.45) is 0.710. The van der Waals surface area contributed by atoms with E-state index in [2.05, 4.69) is 20.5 Å². The number of hydrogen-bond acceptors (Lipinski definition) is 6. The van der Waals surface area contributed by atoms with Crippen LogP contribution < -0.4 is 14.8 Å². The standard InChI is InChI=1S/C20H16N4O3S/c1-11-17(9-12-6-7-15-16(8-12)27-10-26-15)28-20(21-11)22-19(25)18-13-4-2-3-5-14(13)23-24-18/h2-8H,9-10H2,1H3,(H,23,24)(H,21,22,25). The average molecular weight is 392 g/mol. The van der Waals surface area contributed by atoms with Crippen LogP contribution in [-0.2, 0) is 6.42 Å². The number of hydrogen-bond donors (Lipinski definition) is 2. The van der Waals surface area contributed by atoms with Gasteiger partial charge in [-0.15, -0.1) is 11.3 Å². The molecule has 0 unspecified atom stereocenters. The third-order valence-electron chi connectivity index (χ3n) is 4.60. The SMILES string of the molecule is Cc1nc(NC(=O)c2n[nH]c3ccccc23)sc1Cc1ccc2c(c1)OCO2. The molecule has 0 saturated heterocycles. The van der Waals surface area contributed by atoms with Gasteiger partial charge in [0, 0.05) is 16.7 Å². The average Bonchev–Trinajstić information content (AvgIpc) is 3.40. The van der Waals surface area contributed by atoms with E-state index >= 15 is 0 Å². The fourth-order valence-electron chi connectivity index (χ4n) is 3.17. The number of anilines is 1. The minimum absolute atomic E-state index is 0.260. The molecular formula is C20H16N4O3S. The second-order valence-electron chi connectivity index (χ2n) is 6.46. The van der Waals surface area contributed by atoms with Gasteiger partial charge in [-0.25, -0.2) is 4.98 Å². The van der Waals surface area contributed by atoms with Gasteiger partial charge < -0.3 is 9.47 Å². The monoisotopic (exact) mass is 392 g/mol. The number of nitrogens with zero attached hydrogens (tertiary/aromatic N) is 2. The van der Waals surface area contributed by atoms with E-state index in [0.717, 1.165) is 38.5 Å². The van der Waals surface area contributed by atoms with E-state index in [0.29, 0.717) is 17.2 Å². The Labute approximate surface area is 164 Å². The second kappa shape index (κ2) is 6.65. The Bertz CT molecular complexity index is 1200. The quantitative estimate of drug-likeness (QED) is 0.550. The number of benzene rings is 2. The van der Waals surface area contributed by atoms with Gasteiger partial charge in [0.05, 0.1) is 11.2 Å². The molecule has 0 radical (unpaired) electrons. The lowest BCUT2D eigenvalue weighted by molar-refractivity contribution is 0.102. The summed E-state index contributed by atoms with van der Waals surface area (Å²) in [6, 6.07) is 13.4. The Kier molecular flexibility index (Phi) is 3.98. The molecule has 1 amide bonds. The van der Waals surface area contributed by atoms with Crippen molar-refractivity contribution in [2.45, 2.75) is 13.3 Å². The van der Waals surface area contributed by atoms with Gasteiger partial charge in [-0.05, 0) is 30.7 Å². The lowest BCUT2D eigenvalue weighted by Crippen LogP contribution is -2.12. The number of nitrogens with one attached hydrogen (secondary N) is 2. The third kappa shape index (κ3) is 2.97. The number of para-hydroxylation sites is 1. The zero-order chi connectivity index (χ0) is 19.1. The first kappa shape index (κ1) is 16.8. The van der Waals surface area contributed by atoms with Crippen LogP contribution in [0.25, 0.3) is 10.9 Å². The van der Waals surface area contributed by atoms with E-state index in [1.165, 1.54) is 11.3 Å². The van der Waals surface area contributed by atoms with Crippen LogP contribution >= 0.6 is 11.3 Å². The highest BCUT2D eigenvalue weighted by atomic mass is 32.1. The summed E-state index contributed by atoms with van der Waals surface area (Å²) < 4.78 is 10.8. The topological polar surface area (TPSA) is 89.1 Å². The highest BCUT2D eigenvalue weighted by molar-refractivity contribution is 7.15. The first-order chi connectivity index (χ1) is 13.7. The fourth-order valence-corrected chi connectivity index (χ4v) is 4.17. The molecule has 3 heterocycles. The van der Waals surface area contributed by atoms with Crippen LogP contribution in [0.2, 0.25) is 0 Å². The number of amides is 1. The van der Waals surface area contributed by atoms with Crippen LogP contribution in [0, 0.1) is 6.92 Å². The number of aromatic nitrogens is 3. The maximum atomic E-state index is 12.6. The van der Waals surface area contributed by atoms with Crippen LogP contribution in [0.3, 0.4) is 0 Å². The molecule has 0 bridgehead atoms. The van der Waals surface area contributed by atoms with E-state index < -0.39 is 0 Å². The van der Waals surface area contributed by atoms with Crippen LogP contribution in [0.15, 0.2) is 42.5 Å². The fraction of sp³-hybridized carbons (Fsp3) is 0.150. The Morgan fingerprint density at radius 3 is 3.00 bits per heavy atom. The molecule has 8 heteroatoms. The van der Waals surface area contributed by atoms with Crippen LogP contribution in [0.4, 0.5) is 5.13 Å². The van der Waals surface area contributed by atoms with E-state index in [1.54, 1.807) is 0 Å². The number of ether oxygens (including phenoxy) is 2. The molecule has 0 spiro atoms. The molecule has 2 aromatic heterocycles. The third-order valence-corrected chi connectivity index (χ3v) is 5.67. The van der Waals surface area contributed by atoms with Crippen molar-refractivity contribution in [3.8, 4) is 11.5 Å². The van der Waals surface area contributed by atoms with Crippen molar-refractivity contribution >= 4 is 33.3 Å². The first-order valence-corrected chi connectivity index (χ1v) is 9.58. The number of thiazole rings is 1. The van der Waals surface area contributed by atoms with Crippen LogP contribution in [0.5, 0.6) is 11.5 Å². The van der Waals surface area contributed by atoms with Crippen molar-refractivity contribution < 1.29 is 14.3 Å². The highest BCUT2D eigenvalue weighted by Crippen LogP contribution is 2.34. The number of rotatable bonds is 4. The van der Waals surface area contributed by atoms with E-state index in [-0.39, 0.29) is 12.7 Å². The van der Waals surface area contributed by atoms with Crippen molar-refractivity contribution in [2.75, 3.05) is 12.1 Å². The number of aromatic amines is 1. The molecule has 0 saturated carbocycles. The molecule has 0 fully saturated rings. The van der Waals surface area contributed by atoms with Crippen molar-refractivity contribution in [1.29, 1.82) is 0 Å². The van der Waals surface area contributed by atoms with Gasteiger partial charge in [0.15, 0.2) is 22.3 Å². The van der Waals surface area contributed by atoms with Gasteiger partial charge in [-0.1, -0.05) is 24.3 Å². The Balaban J connectivity index is 1.35. The summed E-state index contributed by atoms with van der Waals surface area (Å²) in [7, 11) is 0. The van der Waals surface area contributed by atoms with Crippen molar-refractivity contribution in [2.24, 2.45) is 0 Å².